The summed E-state index contributed by atoms with van der Waals surface area (Å²) in [4.78, 5) is 18.0. The van der Waals surface area contributed by atoms with Crippen molar-refractivity contribution in [1.29, 1.82) is 0 Å². The fourth-order valence-electron chi connectivity index (χ4n) is 2.54. The molecule has 0 saturated carbocycles. The normalized spacial score (nSPS) is 13.9. The van der Waals surface area contributed by atoms with Gasteiger partial charge >= 0.3 is 5.69 Å². The molecule has 0 saturated heterocycles. The van der Waals surface area contributed by atoms with Crippen molar-refractivity contribution in [3.63, 3.8) is 0 Å². The molecule has 0 atom stereocenters. The van der Waals surface area contributed by atoms with Crippen LogP contribution in [0, 0.1) is 11.6 Å². The number of aromatic nitrogens is 2. The van der Waals surface area contributed by atoms with Crippen LogP contribution >= 0.6 is 0 Å². The third-order valence-electron chi connectivity index (χ3n) is 3.73. The van der Waals surface area contributed by atoms with E-state index >= 15 is 0 Å². The Balaban J connectivity index is 1.82. The Morgan fingerprint density at radius 3 is 2.86 bits per heavy atom. The molecule has 0 unspecified atom stereocenters. The lowest BCUT2D eigenvalue weighted by molar-refractivity contribution is 0.554. The molecule has 2 heterocycles. The van der Waals surface area contributed by atoms with Crippen molar-refractivity contribution in [3.05, 3.63) is 51.9 Å². The Labute approximate surface area is 126 Å². The second-order valence-electron chi connectivity index (χ2n) is 5.30. The second kappa shape index (κ2) is 5.75. The zero-order valence-electron chi connectivity index (χ0n) is 12.1. The van der Waals surface area contributed by atoms with Crippen molar-refractivity contribution < 1.29 is 8.78 Å². The quantitative estimate of drug-likeness (QED) is 0.942. The minimum absolute atomic E-state index is 0.131. The molecule has 116 valence electrons. The van der Waals surface area contributed by atoms with E-state index in [0.29, 0.717) is 17.9 Å². The van der Waals surface area contributed by atoms with Crippen molar-refractivity contribution in [2.45, 2.75) is 19.5 Å². The van der Waals surface area contributed by atoms with Crippen LogP contribution in [0.15, 0.2) is 29.1 Å². The number of hydrogen-bond acceptors (Lipinski definition) is 4. The monoisotopic (exact) mass is 306 g/mol. The largest absolute Gasteiger partial charge is 0.366 e. The van der Waals surface area contributed by atoms with E-state index < -0.39 is 11.6 Å². The molecule has 0 bridgehead atoms. The summed E-state index contributed by atoms with van der Waals surface area (Å²) >= 11 is 0. The molecule has 5 nitrogen and oxygen atoms in total. The molecule has 7 heteroatoms. The maximum atomic E-state index is 13.6. The minimum Gasteiger partial charge on any atom is -0.366 e. The Morgan fingerprint density at radius 2 is 2.09 bits per heavy atom. The van der Waals surface area contributed by atoms with Gasteiger partial charge in [0.05, 0.1) is 0 Å². The fourth-order valence-corrected chi connectivity index (χ4v) is 2.54. The lowest BCUT2D eigenvalue weighted by Crippen LogP contribution is -2.36. The first-order chi connectivity index (χ1) is 10.5. The minimum atomic E-state index is -0.626. The second-order valence-corrected chi connectivity index (χ2v) is 5.30. The van der Waals surface area contributed by atoms with E-state index in [1.54, 1.807) is 10.6 Å². The zero-order valence-corrected chi connectivity index (χ0v) is 12.1. The molecule has 3 rings (SSSR count). The Hall–Kier alpha value is -2.44. The Kier molecular flexibility index (Phi) is 3.79. The smallest absolute Gasteiger partial charge is 0.351 e. The van der Waals surface area contributed by atoms with Gasteiger partial charge in [-0.05, 0) is 12.5 Å². The molecule has 1 aromatic carbocycles. The van der Waals surface area contributed by atoms with Gasteiger partial charge in [-0.25, -0.2) is 13.6 Å². The number of nitrogens with one attached hydrogen (secondary N) is 1. The van der Waals surface area contributed by atoms with Crippen LogP contribution < -0.4 is 15.9 Å². The molecule has 0 fully saturated rings. The van der Waals surface area contributed by atoms with Gasteiger partial charge in [0.1, 0.15) is 23.3 Å². The van der Waals surface area contributed by atoms with Crippen LogP contribution in [-0.4, -0.2) is 23.1 Å². The van der Waals surface area contributed by atoms with E-state index in [1.165, 1.54) is 12.1 Å². The molecule has 1 N–H and O–H groups in total. The lowest BCUT2D eigenvalue weighted by atomic mass is 10.2. The van der Waals surface area contributed by atoms with Crippen molar-refractivity contribution >= 4 is 11.6 Å². The van der Waals surface area contributed by atoms with E-state index in [0.717, 1.165) is 24.8 Å². The number of hydrogen-bond donors (Lipinski definition) is 1. The molecule has 0 aliphatic carbocycles. The molecule has 22 heavy (non-hydrogen) atoms. The van der Waals surface area contributed by atoms with Gasteiger partial charge in [0, 0.05) is 44.4 Å². The molecule has 1 aliphatic heterocycles. The van der Waals surface area contributed by atoms with Crippen LogP contribution in [0.2, 0.25) is 0 Å². The van der Waals surface area contributed by atoms with Crippen molar-refractivity contribution in [3.8, 4) is 0 Å². The summed E-state index contributed by atoms with van der Waals surface area (Å²) < 4.78 is 28.1. The first-order valence-electron chi connectivity index (χ1n) is 7.05. The van der Waals surface area contributed by atoms with E-state index in [2.05, 4.69) is 10.3 Å². The number of benzene rings is 1. The fraction of sp³-hybridized carbons (Fsp3) is 0.333. The molecule has 0 radical (unpaired) electrons. The third-order valence-corrected chi connectivity index (χ3v) is 3.73. The first kappa shape index (κ1) is 14.5. The summed E-state index contributed by atoms with van der Waals surface area (Å²) in [5.41, 5.74) is -0.0134. The van der Waals surface area contributed by atoms with Crippen molar-refractivity contribution in [1.82, 2.24) is 9.55 Å². The van der Waals surface area contributed by atoms with Gasteiger partial charge in [-0.1, -0.05) is 6.07 Å². The summed E-state index contributed by atoms with van der Waals surface area (Å²) in [6, 6.07) is 5.17. The number of fused-ring (bicyclic) bond motifs is 1. The topological polar surface area (TPSA) is 50.2 Å². The predicted molar refractivity (Wildman–Crippen MR) is 80.1 cm³/mol. The highest BCUT2D eigenvalue weighted by molar-refractivity contribution is 5.50. The number of nitrogens with zero attached hydrogens (tertiary/aromatic N) is 3. The molecule has 0 amide bonds. The summed E-state index contributed by atoms with van der Waals surface area (Å²) in [6.07, 6.45) is 0.901. The molecular formula is C15H16F2N4O. The highest BCUT2D eigenvalue weighted by Crippen LogP contribution is 2.19. The summed E-state index contributed by atoms with van der Waals surface area (Å²) in [7, 11) is 1.91. The maximum Gasteiger partial charge on any atom is 0.351 e. The van der Waals surface area contributed by atoms with E-state index in [1.807, 2.05) is 11.9 Å². The van der Waals surface area contributed by atoms with Crippen LogP contribution in [0.4, 0.5) is 20.4 Å². The Morgan fingerprint density at radius 1 is 1.27 bits per heavy atom. The van der Waals surface area contributed by atoms with Gasteiger partial charge in [0.25, 0.3) is 0 Å². The van der Waals surface area contributed by atoms with Gasteiger partial charge in [-0.3, -0.25) is 4.57 Å². The number of halogens is 2. The van der Waals surface area contributed by atoms with Crippen molar-refractivity contribution in [2.24, 2.45) is 0 Å². The number of anilines is 2. The van der Waals surface area contributed by atoms with Gasteiger partial charge in [0.15, 0.2) is 0 Å². The third kappa shape index (κ3) is 2.79. The average Bonchev–Trinajstić information content (AvgIpc) is 2.47. The summed E-state index contributed by atoms with van der Waals surface area (Å²) in [6.45, 7) is 1.65. The standard InChI is InChI=1S/C15H16F2N4O/c1-20-5-2-6-21-14(20)8-13(19-15(21)22)18-9-10-3-4-11(16)7-12(10)17/h3-4,7-8H,2,5-6,9H2,1H3,(H,18,19,22). The first-order valence-corrected chi connectivity index (χ1v) is 7.05. The van der Waals surface area contributed by atoms with E-state index in [9.17, 15) is 13.6 Å². The zero-order chi connectivity index (χ0) is 15.7. The SMILES string of the molecule is CN1CCCn2c1cc(NCc1ccc(F)cc1F)nc2=O. The van der Waals surface area contributed by atoms with Gasteiger partial charge in [-0.2, -0.15) is 4.98 Å². The molecule has 1 aliphatic rings. The maximum absolute atomic E-state index is 13.6. The van der Waals surface area contributed by atoms with Gasteiger partial charge in [0.2, 0.25) is 0 Å². The van der Waals surface area contributed by atoms with Crippen LogP contribution in [-0.2, 0) is 13.1 Å². The number of rotatable bonds is 3. The van der Waals surface area contributed by atoms with Gasteiger partial charge in [-0.15, -0.1) is 0 Å². The Bertz CT molecular complexity index is 760. The summed E-state index contributed by atoms with van der Waals surface area (Å²) in [5.74, 6) is -0.0746. The molecule has 0 spiro atoms. The van der Waals surface area contributed by atoms with Crippen molar-refractivity contribution in [2.75, 3.05) is 23.8 Å². The van der Waals surface area contributed by atoms with E-state index in [-0.39, 0.29) is 12.2 Å². The van der Waals surface area contributed by atoms with Crippen LogP contribution in [0.25, 0.3) is 0 Å². The lowest BCUT2D eigenvalue weighted by Gasteiger charge is -2.28. The van der Waals surface area contributed by atoms with Gasteiger partial charge < -0.3 is 10.2 Å². The highest BCUT2D eigenvalue weighted by Gasteiger charge is 2.16. The average molecular weight is 306 g/mol. The van der Waals surface area contributed by atoms with Crippen LogP contribution in [0.3, 0.4) is 0 Å². The molecule has 2 aromatic rings. The molecule has 1 aromatic heterocycles. The molecular weight excluding hydrogens is 290 g/mol. The van der Waals surface area contributed by atoms with Crippen LogP contribution in [0.1, 0.15) is 12.0 Å². The predicted octanol–water partition coefficient (Wildman–Crippen LogP) is 1.97. The highest BCUT2D eigenvalue weighted by atomic mass is 19.1. The van der Waals surface area contributed by atoms with Crippen LogP contribution in [0.5, 0.6) is 0 Å². The van der Waals surface area contributed by atoms with E-state index in [4.69, 9.17) is 0 Å². The summed E-state index contributed by atoms with van der Waals surface area (Å²) in [5, 5.41) is 2.92.